The van der Waals surface area contributed by atoms with Crippen molar-refractivity contribution in [2.24, 2.45) is 0 Å². The lowest BCUT2D eigenvalue weighted by Gasteiger charge is -2.17. The Bertz CT molecular complexity index is 202. The van der Waals surface area contributed by atoms with Gasteiger partial charge in [-0.3, -0.25) is 9.36 Å². The number of methoxy groups -OCH3 is 1. The van der Waals surface area contributed by atoms with Crippen LogP contribution in [0.4, 0.5) is 0 Å². The van der Waals surface area contributed by atoms with Crippen molar-refractivity contribution in [2.75, 3.05) is 20.4 Å². The van der Waals surface area contributed by atoms with Crippen molar-refractivity contribution in [1.82, 2.24) is 0 Å². The summed E-state index contributed by atoms with van der Waals surface area (Å²) in [6, 6.07) is 0. The Labute approximate surface area is 72.7 Å². The number of esters is 1. The van der Waals surface area contributed by atoms with Crippen molar-refractivity contribution in [3.63, 3.8) is 0 Å². The molecular formula is C7H15O4P. The molecule has 0 aliphatic carbocycles. The first-order valence-electron chi connectivity index (χ1n) is 3.75. The molecule has 0 amide bonds. The fourth-order valence-corrected chi connectivity index (χ4v) is 1.95. The maximum atomic E-state index is 11.6. The third kappa shape index (κ3) is 2.95. The van der Waals surface area contributed by atoms with Gasteiger partial charge in [-0.05, 0) is 13.8 Å². The van der Waals surface area contributed by atoms with Crippen LogP contribution in [-0.4, -0.2) is 32.0 Å². The van der Waals surface area contributed by atoms with Crippen LogP contribution in [0.25, 0.3) is 0 Å². The highest BCUT2D eigenvalue weighted by molar-refractivity contribution is 7.59. The minimum Gasteiger partial charge on any atom is -0.468 e. The van der Waals surface area contributed by atoms with Gasteiger partial charge in [0.1, 0.15) is 5.66 Å². The topological polar surface area (TPSA) is 52.6 Å². The quantitative estimate of drug-likeness (QED) is 0.502. The van der Waals surface area contributed by atoms with E-state index in [1.165, 1.54) is 13.8 Å². The summed E-state index contributed by atoms with van der Waals surface area (Å²) < 4.78 is 21.0. The van der Waals surface area contributed by atoms with Gasteiger partial charge >= 0.3 is 5.97 Å². The average Bonchev–Trinajstić information content (AvgIpc) is 2.01. The molecule has 0 aliphatic heterocycles. The van der Waals surface area contributed by atoms with E-state index in [2.05, 4.69) is 4.74 Å². The monoisotopic (exact) mass is 194 g/mol. The smallest absolute Gasteiger partial charge is 0.318 e. The summed E-state index contributed by atoms with van der Waals surface area (Å²) in [4.78, 5) is 11.0. The van der Waals surface area contributed by atoms with Crippen LogP contribution in [0.5, 0.6) is 0 Å². The van der Waals surface area contributed by atoms with Crippen molar-refractivity contribution in [2.45, 2.75) is 19.5 Å². The predicted molar refractivity (Wildman–Crippen MR) is 46.6 cm³/mol. The molecule has 2 unspecified atom stereocenters. The number of hydrogen-bond acceptors (Lipinski definition) is 4. The second-order valence-electron chi connectivity index (χ2n) is 2.53. The molecule has 0 aromatic heterocycles. The second kappa shape index (κ2) is 4.63. The van der Waals surface area contributed by atoms with Gasteiger partial charge in [0, 0.05) is 6.66 Å². The summed E-state index contributed by atoms with van der Waals surface area (Å²) in [6.45, 7) is 5.07. The van der Waals surface area contributed by atoms with Crippen molar-refractivity contribution in [3.05, 3.63) is 0 Å². The number of hydrogen-bond donors (Lipinski definition) is 0. The Kier molecular flexibility index (Phi) is 4.50. The molecule has 4 nitrogen and oxygen atoms in total. The Balaban J connectivity index is 4.34. The Hall–Kier alpha value is -0.340. The predicted octanol–water partition coefficient (Wildman–Crippen LogP) is 1.49. The second-order valence-corrected chi connectivity index (χ2v) is 5.38. The highest BCUT2D eigenvalue weighted by Gasteiger charge is 2.31. The number of ether oxygens (including phenoxy) is 1. The average molecular weight is 194 g/mol. The standard InChI is InChI=1S/C7H15O4P/c1-5-11-12(4,9)6(2)7(8)10-3/h6H,5H2,1-4H3. The molecular weight excluding hydrogens is 179 g/mol. The molecule has 0 saturated heterocycles. The van der Waals surface area contributed by atoms with Gasteiger partial charge in [-0.15, -0.1) is 0 Å². The van der Waals surface area contributed by atoms with Crippen LogP contribution in [0.3, 0.4) is 0 Å². The summed E-state index contributed by atoms with van der Waals surface area (Å²) in [5.41, 5.74) is -0.678. The van der Waals surface area contributed by atoms with Gasteiger partial charge in [-0.1, -0.05) is 0 Å². The zero-order valence-corrected chi connectivity index (χ0v) is 8.76. The van der Waals surface area contributed by atoms with Crippen LogP contribution in [0.15, 0.2) is 0 Å². The summed E-state index contributed by atoms with van der Waals surface area (Å²) in [7, 11) is -1.56. The first-order valence-corrected chi connectivity index (χ1v) is 5.89. The zero-order chi connectivity index (χ0) is 9.78. The van der Waals surface area contributed by atoms with E-state index >= 15 is 0 Å². The van der Waals surface area contributed by atoms with Crippen LogP contribution >= 0.6 is 7.37 Å². The van der Waals surface area contributed by atoms with E-state index in [0.29, 0.717) is 6.61 Å². The van der Waals surface area contributed by atoms with Crippen LogP contribution in [0.2, 0.25) is 0 Å². The van der Waals surface area contributed by atoms with Gasteiger partial charge < -0.3 is 9.26 Å². The van der Waals surface area contributed by atoms with E-state index in [1.807, 2.05) is 0 Å². The molecule has 5 heteroatoms. The highest BCUT2D eigenvalue weighted by atomic mass is 31.2. The SMILES string of the molecule is CCOP(C)(=O)C(C)C(=O)OC. The minimum atomic E-state index is -2.83. The van der Waals surface area contributed by atoms with Gasteiger partial charge in [0.05, 0.1) is 13.7 Å². The normalized spacial score (nSPS) is 18.0. The van der Waals surface area contributed by atoms with E-state index < -0.39 is 19.0 Å². The molecule has 0 rings (SSSR count). The van der Waals surface area contributed by atoms with Gasteiger partial charge in [0.2, 0.25) is 7.37 Å². The molecule has 0 fully saturated rings. The lowest BCUT2D eigenvalue weighted by molar-refractivity contribution is -0.139. The van der Waals surface area contributed by atoms with E-state index in [0.717, 1.165) is 0 Å². The van der Waals surface area contributed by atoms with Crippen molar-refractivity contribution < 1.29 is 18.6 Å². The maximum absolute atomic E-state index is 11.6. The van der Waals surface area contributed by atoms with Gasteiger partial charge in [0.15, 0.2) is 0 Å². The lowest BCUT2D eigenvalue weighted by atomic mass is 10.5. The molecule has 12 heavy (non-hydrogen) atoms. The summed E-state index contributed by atoms with van der Waals surface area (Å²) in [6.07, 6.45) is 0. The van der Waals surface area contributed by atoms with Crippen LogP contribution in [0, 0.1) is 0 Å². The van der Waals surface area contributed by atoms with Gasteiger partial charge in [-0.2, -0.15) is 0 Å². The van der Waals surface area contributed by atoms with Crippen molar-refractivity contribution >= 4 is 13.3 Å². The lowest BCUT2D eigenvalue weighted by Crippen LogP contribution is -2.19. The molecule has 0 spiro atoms. The minimum absolute atomic E-state index is 0.342. The van der Waals surface area contributed by atoms with Crippen molar-refractivity contribution in [3.8, 4) is 0 Å². The van der Waals surface area contributed by atoms with Crippen LogP contribution in [-0.2, 0) is 18.6 Å². The fourth-order valence-electron chi connectivity index (χ4n) is 0.730. The Morgan fingerprint density at radius 3 is 2.42 bits per heavy atom. The molecule has 72 valence electrons. The third-order valence-electron chi connectivity index (χ3n) is 1.63. The first kappa shape index (κ1) is 11.7. The Morgan fingerprint density at radius 2 is 2.08 bits per heavy atom. The maximum Gasteiger partial charge on any atom is 0.318 e. The van der Waals surface area contributed by atoms with E-state index in [9.17, 15) is 9.36 Å². The largest absolute Gasteiger partial charge is 0.468 e. The van der Waals surface area contributed by atoms with Gasteiger partial charge in [-0.25, -0.2) is 0 Å². The van der Waals surface area contributed by atoms with Gasteiger partial charge in [0.25, 0.3) is 0 Å². The summed E-state index contributed by atoms with van der Waals surface area (Å²) in [5, 5.41) is 0. The van der Waals surface area contributed by atoms with E-state index in [4.69, 9.17) is 4.52 Å². The summed E-state index contributed by atoms with van der Waals surface area (Å²) in [5.74, 6) is -0.491. The highest BCUT2D eigenvalue weighted by Crippen LogP contribution is 2.47. The number of rotatable bonds is 4. The molecule has 0 aromatic carbocycles. The molecule has 0 N–H and O–H groups in total. The number of carbonyl (C=O) groups is 1. The van der Waals surface area contributed by atoms with Crippen LogP contribution in [0.1, 0.15) is 13.8 Å². The van der Waals surface area contributed by atoms with E-state index in [-0.39, 0.29) is 0 Å². The molecule has 0 aromatic rings. The van der Waals surface area contributed by atoms with Crippen molar-refractivity contribution in [1.29, 1.82) is 0 Å². The van der Waals surface area contributed by atoms with E-state index in [1.54, 1.807) is 13.8 Å². The molecule has 0 radical (unpaired) electrons. The molecule has 0 heterocycles. The molecule has 0 saturated carbocycles. The van der Waals surface area contributed by atoms with Crippen LogP contribution < -0.4 is 0 Å². The third-order valence-corrected chi connectivity index (χ3v) is 4.02. The first-order chi connectivity index (χ1) is 5.45. The summed E-state index contributed by atoms with van der Waals surface area (Å²) >= 11 is 0. The zero-order valence-electron chi connectivity index (χ0n) is 7.86. The molecule has 0 bridgehead atoms. The molecule has 0 aliphatic rings. The number of carbonyl (C=O) groups excluding carboxylic acids is 1. The fraction of sp³-hybridized carbons (Fsp3) is 0.857. The molecule has 2 atom stereocenters. The Morgan fingerprint density at radius 1 is 1.58 bits per heavy atom.